The number of anilines is 1. The molecule has 24 heavy (non-hydrogen) atoms. The topological polar surface area (TPSA) is 49.6 Å². The Bertz CT molecular complexity index is 670. The molecule has 2 heterocycles. The van der Waals surface area contributed by atoms with Crippen LogP contribution in [0.5, 0.6) is 0 Å². The fourth-order valence-electron chi connectivity index (χ4n) is 3.04. The molecule has 0 spiro atoms. The molecule has 5 heteroatoms. The number of hydrogen-bond acceptors (Lipinski definition) is 4. The van der Waals surface area contributed by atoms with E-state index >= 15 is 0 Å². The van der Waals surface area contributed by atoms with Crippen LogP contribution in [0.1, 0.15) is 30.2 Å². The Kier molecular flexibility index (Phi) is 5.18. The lowest BCUT2D eigenvalue weighted by atomic mass is 10.1. The molecule has 1 aliphatic heterocycles. The lowest BCUT2D eigenvalue weighted by molar-refractivity contribution is -0.131. The molecule has 2 aromatic rings. The first-order valence-corrected chi connectivity index (χ1v) is 8.69. The second kappa shape index (κ2) is 7.51. The summed E-state index contributed by atoms with van der Waals surface area (Å²) < 4.78 is 5.12. The minimum atomic E-state index is 0.241. The van der Waals surface area contributed by atoms with Crippen molar-refractivity contribution in [2.45, 2.75) is 33.1 Å². The number of aromatic nitrogens is 1. The number of benzene rings is 1. The predicted molar refractivity (Wildman–Crippen MR) is 94.2 cm³/mol. The summed E-state index contributed by atoms with van der Waals surface area (Å²) in [6.07, 6.45) is 2.44. The number of carbonyl (C=O) groups excluding carboxylic acids is 1. The van der Waals surface area contributed by atoms with Crippen molar-refractivity contribution in [2.24, 2.45) is 0 Å². The lowest BCUT2D eigenvalue weighted by Gasteiger charge is -2.34. The average molecular weight is 327 g/mol. The van der Waals surface area contributed by atoms with Crippen LogP contribution in [0.4, 0.5) is 5.82 Å². The molecule has 1 aromatic carbocycles. The molecule has 0 saturated carbocycles. The SMILES string of the molecule is CCc1ccc(CCC(=O)N2CCN(c3cc(C)on3)CC2)cc1. The molecule has 1 aromatic heterocycles. The highest BCUT2D eigenvalue weighted by molar-refractivity contribution is 5.76. The molecule has 0 unspecified atom stereocenters. The van der Waals surface area contributed by atoms with Gasteiger partial charge in [-0.05, 0) is 30.9 Å². The number of aryl methyl sites for hydroxylation is 3. The standard InChI is InChI=1S/C19H25N3O2/c1-3-16-4-6-17(7-5-16)8-9-19(23)22-12-10-21(11-13-22)18-14-15(2)24-20-18/h4-7,14H,3,8-13H2,1-2H3. The molecular weight excluding hydrogens is 302 g/mol. The van der Waals surface area contributed by atoms with Gasteiger partial charge >= 0.3 is 0 Å². The van der Waals surface area contributed by atoms with Gasteiger partial charge in [0.1, 0.15) is 5.76 Å². The Morgan fingerprint density at radius 1 is 1.12 bits per heavy atom. The van der Waals surface area contributed by atoms with E-state index in [-0.39, 0.29) is 5.91 Å². The molecule has 0 N–H and O–H groups in total. The van der Waals surface area contributed by atoms with Crippen molar-refractivity contribution in [3.8, 4) is 0 Å². The Hall–Kier alpha value is -2.30. The molecular formula is C19H25N3O2. The Morgan fingerprint density at radius 2 is 1.79 bits per heavy atom. The van der Waals surface area contributed by atoms with E-state index < -0.39 is 0 Å². The first kappa shape index (κ1) is 16.6. The first-order chi connectivity index (χ1) is 11.7. The predicted octanol–water partition coefficient (Wildman–Crippen LogP) is 2.83. The summed E-state index contributed by atoms with van der Waals surface area (Å²) in [5, 5.41) is 4.05. The summed E-state index contributed by atoms with van der Waals surface area (Å²) in [4.78, 5) is 16.5. The molecule has 1 amide bonds. The van der Waals surface area contributed by atoms with Gasteiger partial charge in [0.05, 0.1) is 0 Å². The first-order valence-electron chi connectivity index (χ1n) is 8.69. The molecule has 1 fully saturated rings. The zero-order valence-corrected chi connectivity index (χ0v) is 14.5. The third kappa shape index (κ3) is 3.96. The van der Waals surface area contributed by atoms with Crippen LogP contribution in [-0.2, 0) is 17.6 Å². The fourth-order valence-corrected chi connectivity index (χ4v) is 3.04. The molecule has 0 radical (unpaired) electrons. The van der Waals surface area contributed by atoms with E-state index in [1.165, 1.54) is 11.1 Å². The quantitative estimate of drug-likeness (QED) is 0.847. The number of hydrogen-bond donors (Lipinski definition) is 0. The van der Waals surface area contributed by atoms with Gasteiger partial charge in [0.15, 0.2) is 5.82 Å². The van der Waals surface area contributed by atoms with E-state index in [4.69, 9.17) is 4.52 Å². The molecule has 1 saturated heterocycles. The Balaban J connectivity index is 1.46. The van der Waals surface area contributed by atoms with Crippen molar-refractivity contribution in [2.75, 3.05) is 31.1 Å². The minimum absolute atomic E-state index is 0.241. The van der Waals surface area contributed by atoms with Crippen LogP contribution in [0.15, 0.2) is 34.9 Å². The third-order valence-electron chi connectivity index (χ3n) is 4.63. The van der Waals surface area contributed by atoms with Gasteiger partial charge in [-0.25, -0.2) is 0 Å². The van der Waals surface area contributed by atoms with Crippen LogP contribution in [0.2, 0.25) is 0 Å². The van der Waals surface area contributed by atoms with Gasteiger partial charge in [-0.15, -0.1) is 0 Å². The van der Waals surface area contributed by atoms with Crippen LogP contribution in [0, 0.1) is 6.92 Å². The Labute approximate surface area is 143 Å². The van der Waals surface area contributed by atoms with E-state index in [0.717, 1.165) is 50.6 Å². The minimum Gasteiger partial charge on any atom is -0.360 e. The number of carbonyl (C=O) groups is 1. The molecule has 0 atom stereocenters. The number of rotatable bonds is 5. The molecule has 128 valence electrons. The van der Waals surface area contributed by atoms with E-state index in [0.29, 0.717) is 6.42 Å². The summed E-state index contributed by atoms with van der Waals surface area (Å²) in [6.45, 7) is 7.16. The van der Waals surface area contributed by atoms with Gasteiger partial charge in [0, 0.05) is 38.7 Å². The largest absolute Gasteiger partial charge is 0.360 e. The third-order valence-corrected chi connectivity index (χ3v) is 4.63. The highest BCUT2D eigenvalue weighted by Gasteiger charge is 2.22. The van der Waals surface area contributed by atoms with Gasteiger partial charge in [-0.3, -0.25) is 4.79 Å². The van der Waals surface area contributed by atoms with Gasteiger partial charge in [-0.2, -0.15) is 0 Å². The van der Waals surface area contributed by atoms with E-state index in [1.807, 2.05) is 17.9 Å². The van der Waals surface area contributed by atoms with Crippen LogP contribution < -0.4 is 4.90 Å². The maximum Gasteiger partial charge on any atom is 0.223 e. The fraction of sp³-hybridized carbons (Fsp3) is 0.474. The molecule has 3 rings (SSSR count). The highest BCUT2D eigenvalue weighted by atomic mass is 16.5. The second-order valence-electron chi connectivity index (χ2n) is 6.33. The number of piperazine rings is 1. The smallest absolute Gasteiger partial charge is 0.223 e. The van der Waals surface area contributed by atoms with Gasteiger partial charge in [0.2, 0.25) is 5.91 Å². The van der Waals surface area contributed by atoms with E-state index in [1.54, 1.807) is 0 Å². The summed E-state index contributed by atoms with van der Waals surface area (Å²) >= 11 is 0. The summed E-state index contributed by atoms with van der Waals surface area (Å²) in [6, 6.07) is 10.5. The van der Waals surface area contributed by atoms with Gasteiger partial charge < -0.3 is 14.3 Å². The molecule has 1 aliphatic rings. The van der Waals surface area contributed by atoms with Crippen molar-refractivity contribution in [3.05, 3.63) is 47.2 Å². The van der Waals surface area contributed by atoms with Crippen molar-refractivity contribution in [1.82, 2.24) is 10.1 Å². The summed E-state index contributed by atoms with van der Waals surface area (Å²) in [5.74, 6) is 1.93. The van der Waals surface area contributed by atoms with Crippen LogP contribution in [-0.4, -0.2) is 42.1 Å². The van der Waals surface area contributed by atoms with Gasteiger partial charge in [-0.1, -0.05) is 36.3 Å². The zero-order chi connectivity index (χ0) is 16.9. The van der Waals surface area contributed by atoms with Crippen molar-refractivity contribution < 1.29 is 9.32 Å². The van der Waals surface area contributed by atoms with Crippen LogP contribution in [0.25, 0.3) is 0 Å². The van der Waals surface area contributed by atoms with Crippen molar-refractivity contribution in [1.29, 1.82) is 0 Å². The van der Waals surface area contributed by atoms with Crippen LogP contribution in [0.3, 0.4) is 0 Å². The average Bonchev–Trinajstić information content (AvgIpc) is 3.06. The van der Waals surface area contributed by atoms with E-state index in [9.17, 15) is 4.79 Å². The normalized spacial score (nSPS) is 14.9. The monoisotopic (exact) mass is 327 g/mol. The Morgan fingerprint density at radius 3 is 2.38 bits per heavy atom. The number of nitrogens with zero attached hydrogens (tertiary/aromatic N) is 3. The van der Waals surface area contributed by atoms with Crippen LogP contribution >= 0.6 is 0 Å². The van der Waals surface area contributed by atoms with Crippen molar-refractivity contribution in [3.63, 3.8) is 0 Å². The maximum absolute atomic E-state index is 12.4. The molecule has 0 bridgehead atoms. The number of amides is 1. The second-order valence-corrected chi connectivity index (χ2v) is 6.33. The molecule has 5 nitrogen and oxygen atoms in total. The van der Waals surface area contributed by atoms with E-state index in [2.05, 4.69) is 41.2 Å². The maximum atomic E-state index is 12.4. The lowest BCUT2D eigenvalue weighted by Crippen LogP contribution is -2.49. The summed E-state index contributed by atoms with van der Waals surface area (Å²) in [5.41, 5.74) is 2.57. The van der Waals surface area contributed by atoms with Crippen molar-refractivity contribution >= 4 is 11.7 Å². The van der Waals surface area contributed by atoms with Gasteiger partial charge in [0.25, 0.3) is 0 Å². The zero-order valence-electron chi connectivity index (χ0n) is 14.5. The summed E-state index contributed by atoms with van der Waals surface area (Å²) in [7, 11) is 0. The highest BCUT2D eigenvalue weighted by Crippen LogP contribution is 2.16. The molecule has 0 aliphatic carbocycles.